The molecule has 1 heterocycles. The van der Waals surface area contributed by atoms with E-state index in [1.54, 1.807) is 0 Å². The number of rotatable bonds is 4. The van der Waals surface area contributed by atoms with Crippen molar-refractivity contribution in [3.63, 3.8) is 0 Å². The first-order chi connectivity index (χ1) is 9.02. The average molecular weight is 262 g/mol. The molecular weight excluding hydrogens is 240 g/mol. The smallest absolute Gasteiger partial charge is 0.251 e. The minimum atomic E-state index is -0.389. The maximum absolute atomic E-state index is 12.2. The fourth-order valence-electron chi connectivity index (χ4n) is 2.34. The molecule has 4 heteroatoms. The normalized spacial score (nSPS) is 14.9. The maximum Gasteiger partial charge on any atom is 0.251 e. The van der Waals surface area contributed by atoms with Crippen molar-refractivity contribution in [2.75, 3.05) is 13.2 Å². The van der Waals surface area contributed by atoms with Crippen LogP contribution in [0.15, 0.2) is 18.2 Å². The van der Waals surface area contributed by atoms with E-state index in [-0.39, 0.29) is 18.1 Å². The van der Waals surface area contributed by atoms with Gasteiger partial charge in [0.25, 0.3) is 5.91 Å². The molecule has 104 valence electrons. The summed E-state index contributed by atoms with van der Waals surface area (Å²) in [4.78, 5) is 12.2. The van der Waals surface area contributed by atoms with Crippen molar-refractivity contribution in [2.24, 2.45) is 0 Å². The molecule has 0 bridgehead atoms. The van der Waals surface area contributed by atoms with E-state index in [4.69, 9.17) is 5.11 Å². The Morgan fingerprint density at radius 2 is 2.21 bits per heavy atom. The SMILES string of the molecule is CC(C)(CCO)NC(=O)c1ccc2c(c1)CNCC2. The van der Waals surface area contributed by atoms with Gasteiger partial charge in [-0.05, 0) is 56.5 Å². The van der Waals surface area contributed by atoms with Crippen LogP contribution in [0.3, 0.4) is 0 Å². The molecule has 1 aromatic rings. The second-order valence-electron chi connectivity index (χ2n) is 5.72. The molecule has 0 radical (unpaired) electrons. The lowest BCUT2D eigenvalue weighted by atomic mass is 9.97. The van der Waals surface area contributed by atoms with Gasteiger partial charge in [-0.3, -0.25) is 4.79 Å². The van der Waals surface area contributed by atoms with E-state index in [9.17, 15) is 4.79 Å². The molecule has 0 saturated carbocycles. The molecule has 1 amide bonds. The Kier molecular flexibility index (Phi) is 4.22. The number of aliphatic hydroxyl groups excluding tert-OH is 1. The molecule has 0 atom stereocenters. The summed E-state index contributed by atoms with van der Waals surface area (Å²) >= 11 is 0. The lowest BCUT2D eigenvalue weighted by Crippen LogP contribution is -2.44. The summed E-state index contributed by atoms with van der Waals surface area (Å²) in [6, 6.07) is 5.89. The third kappa shape index (κ3) is 3.55. The summed E-state index contributed by atoms with van der Waals surface area (Å²) in [6.07, 6.45) is 1.57. The predicted molar refractivity (Wildman–Crippen MR) is 75.1 cm³/mol. The summed E-state index contributed by atoms with van der Waals surface area (Å²) in [6.45, 7) is 5.74. The van der Waals surface area contributed by atoms with Gasteiger partial charge in [-0.1, -0.05) is 6.07 Å². The van der Waals surface area contributed by atoms with Crippen molar-refractivity contribution in [1.82, 2.24) is 10.6 Å². The Balaban J connectivity index is 2.11. The number of hydrogen-bond donors (Lipinski definition) is 3. The van der Waals surface area contributed by atoms with Crippen LogP contribution < -0.4 is 10.6 Å². The first-order valence-corrected chi connectivity index (χ1v) is 6.78. The van der Waals surface area contributed by atoms with Gasteiger partial charge in [-0.15, -0.1) is 0 Å². The molecular formula is C15H22N2O2. The van der Waals surface area contributed by atoms with Gasteiger partial charge in [-0.2, -0.15) is 0 Å². The Bertz CT molecular complexity index is 469. The van der Waals surface area contributed by atoms with Gasteiger partial charge in [0.2, 0.25) is 0 Å². The van der Waals surface area contributed by atoms with Gasteiger partial charge in [0.1, 0.15) is 0 Å². The number of aliphatic hydroxyl groups is 1. The third-order valence-corrected chi connectivity index (χ3v) is 3.54. The average Bonchev–Trinajstić information content (AvgIpc) is 2.37. The fourth-order valence-corrected chi connectivity index (χ4v) is 2.34. The minimum Gasteiger partial charge on any atom is -0.396 e. The van der Waals surface area contributed by atoms with Gasteiger partial charge >= 0.3 is 0 Å². The Labute approximate surface area is 114 Å². The number of fused-ring (bicyclic) bond motifs is 1. The molecule has 0 aliphatic carbocycles. The van der Waals surface area contributed by atoms with Crippen LogP contribution in [0, 0.1) is 0 Å². The highest BCUT2D eigenvalue weighted by molar-refractivity contribution is 5.95. The van der Waals surface area contributed by atoms with Crippen LogP contribution in [-0.2, 0) is 13.0 Å². The highest BCUT2D eigenvalue weighted by Crippen LogP contribution is 2.17. The highest BCUT2D eigenvalue weighted by Gasteiger charge is 2.21. The topological polar surface area (TPSA) is 61.4 Å². The van der Waals surface area contributed by atoms with Crippen LogP contribution in [0.4, 0.5) is 0 Å². The largest absolute Gasteiger partial charge is 0.396 e. The van der Waals surface area contributed by atoms with Crippen molar-refractivity contribution in [1.29, 1.82) is 0 Å². The monoisotopic (exact) mass is 262 g/mol. The summed E-state index contributed by atoms with van der Waals surface area (Å²) in [5.74, 6) is -0.0770. The lowest BCUT2D eigenvalue weighted by Gasteiger charge is -2.26. The molecule has 1 aromatic carbocycles. The molecule has 0 aromatic heterocycles. The first kappa shape index (κ1) is 14.0. The molecule has 0 spiro atoms. The zero-order valence-electron chi connectivity index (χ0n) is 11.6. The third-order valence-electron chi connectivity index (χ3n) is 3.54. The van der Waals surface area contributed by atoms with Gasteiger partial charge in [0.15, 0.2) is 0 Å². The van der Waals surface area contributed by atoms with Gasteiger partial charge in [0.05, 0.1) is 0 Å². The number of benzene rings is 1. The molecule has 1 aliphatic rings. The van der Waals surface area contributed by atoms with Crippen LogP contribution in [0.1, 0.15) is 41.8 Å². The van der Waals surface area contributed by atoms with E-state index < -0.39 is 0 Å². The van der Waals surface area contributed by atoms with Gasteiger partial charge < -0.3 is 15.7 Å². The van der Waals surface area contributed by atoms with E-state index in [2.05, 4.69) is 10.6 Å². The zero-order chi connectivity index (χ0) is 13.9. The van der Waals surface area contributed by atoms with E-state index in [1.165, 1.54) is 11.1 Å². The quantitative estimate of drug-likeness (QED) is 0.764. The number of amides is 1. The number of nitrogens with one attached hydrogen (secondary N) is 2. The zero-order valence-corrected chi connectivity index (χ0v) is 11.6. The summed E-state index contributed by atoms with van der Waals surface area (Å²) in [5.41, 5.74) is 2.83. The maximum atomic E-state index is 12.2. The number of carbonyl (C=O) groups excluding carboxylic acids is 1. The van der Waals surface area contributed by atoms with Gasteiger partial charge in [-0.25, -0.2) is 0 Å². The number of carbonyl (C=O) groups is 1. The van der Waals surface area contributed by atoms with Crippen molar-refractivity contribution in [3.05, 3.63) is 34.9 Å². The van der Waals surface area contributed by atoms with E-state index in [0.717, 1.165) is 19.5 Å². The Morgan fingerprint density at radius 1 is 1.42 bits per heavy atom. The van der Waals surface area contributed by atoms with Crippen molar-refractivity contribution >= 4 is 5.91 Å². The van der Waals surface area contributed by atoms with Crippen molar-refractivity contribution < 1.29 is 9.90 Å². The summed E-state index contributed by atoms with van der Waals surface area (Å²) in [5, 5.41) is 15.3. The van der Waals surface area contributed by atoms with E-state index in [1.807, 2.05) is 32.0 Å². The molecule has 19 heavy (non-hydrogen) atoms. The molecule has 2 rings (SSSR count). The second kappa shape index (κ2) is 5.72. The second-order valence-corrected chi connectivity index (χ2v) is 5.72. The van der Waals surface area contributed by atoms with Crippen molar-refractivity contribution in [3.8, 4) is 0 Å². The molecule has 4 nitrogen and oxygen atoms in total. The first-order valence-electron chi connectivity index (χ1n) is 6.78. The standard InChI is InChI=1S/C15H22N2O2/c1-15(2,6-8-18)17-14(19)12-4-3-11-5-7-16-10-13(11)9-12/h3-4,9,16,18H,5-8,10H2,1-2H3,(H,17,19). The Hall–Kier alpha value is -1.39. The van der Waals surface area contributed by atoms with E-state index >= 15 is 0 Å². The van der Waals surface area contributed by atoms with Crippen LogP contribution in [-0.4, -0.2) is 29.7 Å². The predicted octanol–water partition coefficient (Wildman–Crippen LogP) is 1.22. The van der Waals surface area contributed by atoms with Crippen LogP contribution in [0.2, 0.25) is 0 Å². The lowest BCUT2D eigenvalue weighted by molar-refractivity contribution is 0.0899. The van der Waals surface area contributed by atoms with Crippen LogP contribution in [0.5, 0.6) is 0 Å². The van der Waals surface area contributed by atoms with E-state index in [0.29, 0.717) is 12.0 Å². The molecule has 1 aliphatic heterocycles. The minimum absolute atomic E-state index is 0.0708. The highest BCUT2D eigenvalue weighted by atomic mass is 16.3. The Morgan fingerprint density at radius 3 is 2.95 bits per heavy atom. The van der Waals surface area contributed by atoms with Gasteiger partial charge in [0, 0.05) is 24.3 Å². The fraction of sp³-hybridized carbons (Fsp3) is 0.533. The number of hydrogen-bond acceptors (Lipinski definition) is 3. The summed E-state index contributed by atoms with van der Waals surface area (Å²) in [7, 11) is 0. The molecule has 0 unspecified atom stereocenters. The van der Waals surface area contributed by atoms with Crippen LogP contribution in [0.25, 0.3) is 0 Å². The molecule has 3 N–H and O–H groups in total. The molecule has 0 fully saturated rings. The van der Waals surface area contributed by atoms with Crippen LogP contribution >= 0.6 is 0 Å². The van der Waals surface area contributed by atoms with Crippen molar-refractivity contribution in [2.45, 2.75) is 38.8 Å². The summed E-state index contributed by atoms with van der Waals surface area (Å²) < 4.78 is 0. The molecule has 0 saturated heterocycles.